The second kappa shape index (κ2) is 7.98. The SMILES string of the molecule is C=CCOc1ccc(CN(C)c2ccc(S(N)(=O)=O)cc2[N+](=O)[O-])cc1. The summed E-state index contributed by atoms with van der Waals surface area (Å²) >= 11 is 0. The number of ether oxygens (including phenoxy) is 1. The number of sulfonamides is 1. The molecule has 2 aromatic carbocycles. The third kappa shape index (κ3) is 4.80. The number of rotatable bonds is 8. The maximum absolute atomic E-state index is 11.4. The lowest BCUT2D eigenvalue weighted by Gasteiger charge is -2.20. The minimum atomic E-state index is -4.02. The minimum Gasteiger partial charge on any atom is -0.490 e. The van der Waals surface area contributed by atoms with Crippen molar-refractivity contribution in [2.24, 2.45) is 5.14 Å². The summed E-state index contributed by atoms with van der Waals surface area (Å²) in [7, 11) is -2.33. The number of hydrogen-bond donors (Lipinski definition) is 1. The number of anilines is 1. The van der Waals surface area contributed by atoms with Gasteiger partial charge in [-0.05, 0) is 29.8 Å². The van der Waals surface area contributed by atoms with E-state index in [1.165, 1.54) is 12.1 Å². The first-order chi connectivity index (χ1) is 12.2. The van der Waals surface area contributed by atoms with Crippen LogP contribution in [0.3, 0.4) is 0 Å². The van der Waals surface area contributed by atoms with E-state index < -0.39 is 14.9 Å². The topological polar surface area (TPSA) is 116 Å². The van der Waals surface area contributed by atoms with Gasteiger partial charge in [0.15, 0.2) is 0 Å². The number of benzene rings is 2. The van der Waals surface area contributed by atoms with Crippen LogP contribution < -0.4 is 14.8 Å². The number of primary sulfonamides is 1. The third-order valence-electron chi connectivity index (χ3n) is 3.59. The van der Waals surface area contributed by atoms with Crippen LogP contribution in [-0.4, -0.2) is 27.0 Å². The summed E-state index contributed by atoms with van der Waals surface area (Å²) in [6.45, 7) is 4.37. The maximum atomic E-state index is 11.4. The summed E-state index contributed by atoms with van der Waals surface area (Å²) in [6.07, 6.45) is 1.64. The second-order valence-electron chi connectivity index (χ2n) is 5.55. The summed E-state index contributed by atoms with van der Waals surface area (Å²) < 4.78 is 28.2. The Balaban J connectivity index is 2.24. The Kier molecular flexibility index (Phi) is 5.96. The molecule has 0 amide bonds. The number of nitro benzene ring substituents is 1. The molecule has 0 spiro atoms. The first kappa shape index (κ1) is 19.4. The number of nitro groups is 1. The molecule has 0 fully saturated rings. The van der Waals surface area contributed by atoms with E-state index in [0.29, 0.717) is 18.9 Å². The Labute approximate surface area is 151 Å². The van der Waals surface area contributed by atoms with Gasteiger partial charge in [0.1, 0.15) is 18.0 Å². The molecule has 0 heterocycles. The van der Waals surface area contributed by atoms with E-state index in [-0.39, 0.29) is 16.3 Å². The van der Waals surface area contributed by atoms with Crippen molar-refractivity contribution in [3.8, 4) is 5.75 Å². The smallest absolute Gasteiger partial charge is 0.293 e. The normalized spacial score (nSPS) is 11.0. The standard InChI is InChI=1S/C17H19N3O5S/c1-3-10-25-14-6-4-13(5-7-14)12-19(2)16-9-8-15(26(18,23)24)11-17(16)20(21)22/h3-9,11H,1,10,12H2,2H3,(H2,18,23,24). The molecule has 0 atom stereocenters. The van der Waals surface area contributed by atoms with Gasteiger partial charge >= 0.3 is 0 Å². The van der Waals surface area contributed by atoms with Crippen molar-refractivity contribution in [1.82, 2.24) is 0 Å². The average Bonchev–Trinajstić information content (AvgIpc) is 2.59. The lowest BCUT2D eigenvalue weighted by Crippen LogP contribution is -2.19. The van der Waals surface area contributed by atoms with Crippen LogP contribution in [0.15, 0.2) is 60.0 Å². The quantitative estimate of drug-likeness (QED) is 0.429. The largest absolute Gasteiger partial charge is 0.490 e. The van der Waals surface area contributed by atoms with Crippen LogP contribution in [0, 0.1) is 10.1 Å². The highest BCUT2D eigenvalue weighted by Gasteiger charge is 2.21. The van der Waals surface area contributed by atoms with Gasteiger partial charge in [-0.2, -0.15) is 0 Å². The van der Waals surface area contributed by atoms with Crippen LogP contribution in [-0.2, 0) is 16.6 Å². The molecule has 0 radical (unpaired) electrons. The molecule has 0 unspecified atom stereocenters. The highest BCUT2D eigenvalue weighted by Crippen LogP contribution is 2.30. The van der Waals surface area contributed by atoms with Crippen LogP contribution in [0.2, 0.25) is 0 Å². The molecule has 0 aliphatic carbocycles. The Morgan fingerprint density at radius 1 is 1.27 bits per heavy atom. The molecule has 0 saturated heterocycles. The Bertz CT molecular complexity index is 910. The van der Waals surface area contributed by atoms with Crippen LogP contribution in [0.1, 0.15) is 5.56 Å². The van der Waals surface area contributed by atoms with Gasteiger partial charge in [0.2, 0.25) is 10.0 Å². The fourth-order valence-electron chi connectivity index (χ4n) is 2.35. The van der Waals surface area contributed by atoms with Crippen molar-refractivity contribution >= 4 is 21.4 Å². The molecule has 2 rings (SSSR count). The predicted molar refractivity (Wildman–Crippen MR) is 98.7 cm³/mol. The van der Waals surface area contributed by atoms with Crippen LogP contribution in [0.5, 0.6) is 5.75 Å². The fraction of sp³-hybridized carbons (Fsp3) is 0.176. The van der Waals surface area contributed by atoms with E-state index in [1.807, 2.05) is 12.1 Å². The van der Waals surface area contributed by atoms with Gasteiger partial charge < -0.3 is 9.64 Å². The summed E-state index contributed by atoms with van der Waals surface area (Å²) in [6, 6.07) is 10.9. The zero-order valence-electron chi connectivity index (χ0n) is 14.2. The van der Waals surface area contributed by atoms with Crippen molar-refractivity contribution in [2.75, 3.05) is 18.6 Å². The molecule has 0 aliphatic rings. The summed E-state index contributed by atoms with van der Waals surface area (Å²) in [5.74, 6) is 0.694. The monoisotopic (exact) mass is 377 g/mol. The molecule has 2 aromatic rings. The number of hydrogen-bond acceptors (Lipinski definition) is 6. The first-order valence-corrected chi connectivity index (χ1v) is 9.12. The predicted octanol–water partition coefficient (Wildman–Crippen LogP) is 2.44. The Hall–Kier alpha value is -2.91. The molecular weight excluding hydrogens is 358 g/mol. The van der Waals surface area contributed by atoms with Crippen molar-refractivity contribution < 1.29 is 18.1 Å². The number of nitrogens with zero attached hydrogens (tertiary/aromatic N) is 2. The molecule has 0 aromatic heterocycles. The van der Waals surface area contributed by atoms with Crippen molar-refractivity contribution in [1.29, 1.82) is 0 Å². The second-order valence-corrected chi connectivity index (χ2v) is 7.11. The van der Waals surface area contributed by atoms with Gasteiger partial charge in [-0.15, -0.1) is 0 Å². The fourth-order valence-corrected chi connectivity index (χ4v) is 2.89. The Morgan fingerprint density at radius 3 is 2.46 bits per heavy atom. The highest BCUT2D eigenvalue weighted by molar-refractivity contribution is 7.89. The van der Waals surface area contributed by atoms with E-state index in [9.17, 15) is 18.5 Å². The van der Waals surface area contributed by atoms with Gasteiger partial charge in [0, 0.05) is 19.7 Å². The van der Waals surface area contributed by atoms with Gasteiger partial charge in [-0.25, -0.2) is 13.6 Å². The zero-order chi connectivity index (χ0) is 19.3. The highest BCUT2D eigenvalue weighted by atomic mass is 32.2. The molecule has 26 heavy (non-hydrogen) atoms. The molecular formula is C17H19N3O5S. The van der Waals surface area contributed by atoms with Crippen molar-refractivity contribution in [3.63, 3.8) is 0 Å². The van der Waals surface area contributed by atoms with E-state index in [0.717, 1.165) is 11.6 Å². The van der Waals surface area contributed by atoms with E-state index >= 15 is 0 Å². The molecule has 0 saturated carbocycles. The zero-order valence-corrected chi connectivity index (χ0v) is 15.0. The summed E-state index contributed by atoms with van der Waals surface area (Å²) in [5, 5.41) is 16.4. The maximum Gasteiger partial charge on any atom is 0.293 e. The number of nitrogens with two attached hydrogens (primary N) is 1. The van der Waals surface area contributed by atoms with Gasteiger partial charge in [-0.1, -0.05) is 24.8 Å². The van der Waals surface area contributed by atoms with Gasteiger partial charge in [-0.3, -0.25) is 10.1 Å². The minimum absolute atomic E-state index is 0.286. The molecule has 0 bridgehead atoms. The van der Waals surface area contributed by atoms with Crippen LogP contribution in [0.25, 0.3) is 0 Å². The van der Waals surface area contributed by atoms with Crippen LogP contribution in [0.4, 0.5) is 11.4 Å². The molecule has 0 aliphatic heterocycles. The van der Waals surface area contributed by atoms with Gasteiger partial charge in [0.25, 0.3) is 5.69 Å². The summed E-state index contributed by atoms with van der Waals surface area (Å²) in [4.78, 5) is 12.0. The van der Waals surface area contributed by atoms with Crippen LogP contribution >= 0.6 is 0 Å². The van der Waals surface area contributed by atoms with Crippen molar-refractivity contribution in [3.05, 3.63) is 70.8 Å². The molecule has 2 N–H and O–H groups in total. The average molecular weight is 377 g/mol. The Morgan fingerprint density at radius 2 is 1.92 bits per heavy atom. The molecule has 9 heteroatoms. The molecule has 8 nitrogen and oxygen atoms in total. The lowest BCUT2D eigenvalue weighted by atomic mass is 10.2. The first-order valence-electron chi connectivity index (χ1n) is 7.57. The van der Waals surface area contributed by atoms with E-state index in [1.54, 1.807) is 30.2 Å². The molecule has 138 valence electrons. The van der Waals surface area contributed by atoms with Crippen molar-refractivity contribution in [2.45, 2.75) is 11.4 Å². The summed E-state index contributed by atoms with van der Waals surface area (Å²) in [5.41, 5.74) is 0.864. The van der Waals surface area contributed by atoms with Gasteiger partial charge in [0.05, 0.1) is 9.82 Å². The van der Waals surface area contributed by atoms with E-state index in [4.69, 9.17) is 9.88 Å². The lowest BCUT2D eigenvalue weighted by molar-refractivity contribution is -0.384. The van der Waals surface area contributed by atoms with E-state index in [2.05, 4.69) is 6.58 Å². The third-order valence-corrected chi connectivity index (χ3v) is 4.51.